The van der Waals surface area contributed by atoms with E-state index in [9.17, 15) is 18.0 Å². The summed E-state index contributed by atoms with van der Waals surface area (Å²) < 4.78 is 41.1. The number of amides is 1. The molecule has 0 saturated carbocycles. The van der Waals surface area contributed by atoms with Gasteiger partial charge in [-0.1, -0.05) is 12.1 Å². The minimum absolute atomic E-state index is 0.0899. The summed E-state index contributed by atoms with van der Waals surface area (Å²) in [4.78, 5) is 30.7. The molecule has 226 valence electrons. The number of aromatic nitrogens is 4. The van der Waals surface area contributed by atoms with E-state index >= 15 is 0 Å². The third-order valence-electron chi connectivity index (χ3n) is 7.29. The van der Waals surface area contributed by atoms with Crippen LogP contribution in [0.3, 0.4) is 0 Å². The standard InChI is InChI=1S/C30H34F3N9O/c1-21-7-8-24(38-28(43)22-5-3-6-23(17-22)30(31,32)33)18-25(21)39-29-35-10-12-42(29)27-19-26(36-20-37-27)34-9-4-11-41-15-13-40(2)14-16-41/h3,5-8,10,12,17-20H,4,9,11,13-16H2,1-2H3,(H,35,39)(H,38,43)(H,34,36,37). The van der Waals surface area contributed by atoms with Crippen molar-refractivity contribution in [2.45, 2.75) is 19.5 Å². The minimum atomic E-state index is -4.54. The molecule has 3 N–H and O–H groups in total. The highest BCUT2D eigenvalue weighted by Crippen LogP contribution is 2.30. The molecule has 1 fully saturated rings. The number of anilines is 4. The average Bonchev–Trinajstić information content (AvgIpc) is 3.46. The number of alkyl halides is 3. The SMILES string of the molecule is Cc1ccc(NC(=O)c2cccc(C(F)(F)F)c2)cc1Nc1nccn1-c1cc(NCCCN2CCN(C)CC2)ncn1. The van der Waals surface area contributed by atoms with Gasteiger partial charge in [0.15, 0.2) is 0 Å². The van der Waals surface area contributed by atoms with Crippen molar-refractivity contribution in [3.8, 4) is 5.82 Å². The van der Waals surface area contributed by atoms with Gasteiger partial charge in [-0.3, -0.25) is 9.36 Å². The van der Waals surface area contributed by atoms with E-state index in [-0.39, 0.29) is 5.56 Å². The normalized spacial score (nSPS) is 14.4. The van der Waals surface area contributed by atoms with Crippen molar-refractivity contribution in [3.63, 3.8) is 0 Å². The predicted octanol–water partition coefficient (Wildman–Crippen LogP) is 5.03. The number of hydrogen-bond acceptors (Lipinski definition) is 8. The highest BCUT2D eigenvalue weighted by atomic mass is 19.4. The zero-order chi connectivity index (χ0) is 30.4. The number of rotatable bonds is 10. The van der Waals surface area contributed by atoms with Crippen LogP contribution in [-0.2, 0) is 6.18 Å². The van der Waals surface area contributed by atoms with Crippen molar-refractivity contribution in [2.75, 3.05) is 62.3 Å². The first-order chi connectivity index (χ1) is 20.7. The summed E-state index contributed by atoms with van der Waals surface area (Å²) >= 11 is 0. The van der Waals surface area contributed by atoms with Crippen LogP contribution in [0.5, 0.6) is 0 Å². The van der Waals surface area contributed by atoms with Gasteiger partial charge in [0.1, 0.15) is 18.0 Å². The lowest BCUT2D eigenvalue weighted by atomic mass is 10.1. The van der Waals surface area contributed by atoms with Gasteiger partial charge >= 0.3 is 6.18 Å². The summed E-state index contributed by atoms with van der Waals surface area (Å²) in [6.45, 7) is 8.10. The van der Waals surface area contributed by atoms with Crippen molar-refractivity contribution in [3.05, 3.63) is 83.9 Å². The Morgan fingerprint density at radius 2 is 1.81 bits per heavy atom. The number of aryl methyl sites for hydroxylation is 1. The van der Waals surface area contributed by atoms with Crippen LogP contribution >= 0.6 is 0 Å². The number of benzene rings is 2. The van der Waals surface area contributed by atoms with Crippen LogP contribution in [0.1, 0.15) is 27.9 Å². The molecule has 10 nitrogen and oxygen atoms in total. The topological polar surface area (TPSA) is 103 Å². The van der Waals surface area contributed by atoms with Crippen LogP contribution in [0.15, 0.2) is 67.3 Å². The first-order valence-electron chi connectivity index (χ1n) is 14.0. The zero-order valence-electron chi connectivity index (χ0n) is 24.0. The summed E-state index contributed by atoms with van der Waals surface area (Å²) in [7, 11) is 2.15. The summed E-state index contributed by atoms with van der Waals surface area (Å²) in [5.41, 5.74) is 0.973. The summed E-state index contributed by atoms with van der Waals surface area (Å²) in [6.07, 6.45) is 1.38. The molecule has 1 aliphatic rings. The molecule has 1 aliphatic heterocycles. The molecule has 4 aromatic rings. The van der Waals surface area contributed by atoms with Crippen molar-refractivity contribution in [1.29, 1.82) is 0 Å². The summed E-state index contributed by atoms with van der Waals surface area (Å²) in [6, 6.07) is 11.3. The molecule has 0 bridgehead atoms. The minimum Gasteiger partial charge on any atom is -0.370 e. The van der Waals surface area contributed by atoms with Gasteiger partial charge < -0.3 is 25.8 Å². The molecule has 1 amide bonds. The molecule has 0 atom stereocenters. The second kappa shape index (κ2) is 13.2. The molecule has 43 heavy (non-hydrogen) atoms. The van der Waals surface area contributed by atoms with Crippen LogP contribution in [0.25, 0.3) is 5.82 Å². The van der Waals surface area contributed by atoms with Gasteiger partial charge in [0.05, 0.1) is 5.56 Å². The third-order valence-corrected chi connectivity index (χ3v) is 7.29. The maximum atomic E-state index is 13.1. The van der Waals surface area contributed by atoms with Gasteiger partial charge in [-0.2, -0.15) is 13.2 Å². The monoisotopic (exact) mass is 593 g/mol. The predicted molar refractivity (Wildman–Crippen MR) is 160 cm³/mol. The Bertz CT molecular complexity index is 1550. The largest absolute Gasteiger partial charge is 0.416 e. The smallest absolute Gasteiger partial charge is 0.370 e. The lowest BCUT2D eigenvalue weighted by Crippen LogP contribution is -2.44. The lowest BCUT2D eigenvalue weighted by molar-refractivity contribution is -0.137. The number of imidazole rings is 1. The molecule has 5 rings (SSSR count). The molecule has 0 aliphatic carbocycles. The Kier molecular flexibility index (Phi) is 9.22. The number of nitrogens with one attached hydrogen (secondary N) is 3. The Morgan fingerprint density at radius 3 is 2.60 bits per heavy atom. The van der Waals surface area contributed by atoms with Crippen LogP contribution in [0, 0.1) is 6.92 Å². The van der Waals surface area contributed by atoms with Crippen LogP contribution < -0.4 is 16.0 Å². The van der Waals surface area contributed by atoms with Crippen LogP contribution in [-0.4, -0.2) is 81.5 Å². The Hall–Kier alpha value is -4.49. The van der Waals surface area contributed by atoms with Gasteiger partial charge in [-0.25, -0.2) is 15.0 Å². The van der Waals surface area contributed by atoms with E-state index in [1.54, 1.807) is 35.2 Å². The van der Waals surface area contributed by atoms with Crippen molar-refractivity contribution in [2.24, 2.45) is 0 Å². The fourth-order valence-corrected chi connectivity index (χ4v) is 4.74. The Balaban J connectivity index is 1.23. The first kappa shape index (κ1) is 30.0. The summed E-state index contributed by atoms with van der Waals surface area (Å²) in [5.74, 6) is 1.16. The second-order valence-corrected chi connectivity index (χ2v) is 10.5. The molecule has 0 spiro atoms. The van der Waals surface area contributed by atoms with Gasteiger partial charge in [0.2, 0.25) is 5.95 Å². The van der Waals surface area contributed by atoms with E-state index in [4.69, 9.17) is 0 Å². The van der Waals surface area contributed by atoms with E-state index in [0.717, 1.165) is 63.4 Å². The van der Waals surface area contributed by atoms with Gasteiger partial charge in [-0.15, -0.1) is 0 Å². The molecule has 2 aromatic carbocycles. The Morgan fingerprint density at radius 1 is 1.00 bits per heavy atom. The maximum Gasteiger partial charge on any atom is 0.416 e. The van der Waals surface area contributed by atoms with Gasteiger partial charge in [-0.05, 0) is 62.8 Å². The van der Waals surface area contributed by atoms with Crippen LogP contribution in [0.4, 0.5) is 36.3 Å². The molecule has 3 heterocycles. The molecule has 1 saturated heterocycles. The zero-order valence-corrected chi connectivity index (χ0v) is 24.0. The van der Waals surface area contributed by atoms with E-state index in [1.165, 1.54) is 18.5 Å². The first-order valence-corrected chi connectivity index (χ1v) is 14.0. The van der Waals surface area contributed by atoms with E-state index in [0.29, 0.717) is 29.0 Å². The number of hydrogen-bond donors (Lipinski definition) is 3. The second-order valence-electron chi connectivity index (χ2n) is 10.5. The number of halogens is 3. The lowest BCUT2D eigenvalue weighted by Gasteiger charge is -2.32. The van der Waals surface area contributed by atoms with Gasteiger partial charge in [0, 0.05) is 68.1 Å². The highest BCUT2D eigenvalue weighted by Gasteiger charge is 2.31. The molecule has 2 aromatic heterocycles. The number of carbonyl (C=O) groups excluding carboxylic acids is 1. The quantitative estimate of drug-likeness (QED) is 0.220. The third kappa shape index (κ3) is 7.87. The van der Waals surface area contributed by atoms with Gasteiger partial charge in [0.25, 0.3) is 5.91 Å². The molecular formula is C30H34F3N9O. The van der Waals surface area contributed by atoms with E-state index in [2.05, 4.69) is 47.7 Å². The number of piperazine rings is 1. The molecule has 0 unspecified atom stereocenters. The number of likely N-dealkylation sites (N-methyl/N-ethyl adjacent to an activating group) is 1. The fraction of sp³-hybridized carbons (Fsp3) is 0.333. The number of carbonyl (C=O) groups is 1. The molecule has 13 heteroatoms. The molecular weight excluding hydrogens is 559 g/mol. The highest BCUT2D eigenvalue weighted by molar-refractivity contribution is 6.04. The van der Waals surface area contributed by atoms with E-state index < -0.39 is 17.6 Å². The molecule has 0 radical (unpaired) electrons. The Labute approximate surface area is 248 Å². The van der Waals surface area contributed by atoms with Crippen molar-refractivity contribution >= 4 is 29.0 Å². The van der Waals surface area contributed by atoms with Crippen molar-refractivity contribution in [1.82, 2.24) is 29.3 Å². The van der Waals surface area contributed by atoms with Crippen molar-refractivity contribution < 1.29 is 18.0 Å². The fourth-order valence-electron chi connectivity index (χ4n) is 4.74. The van der Waals surface area contributed by atoms with Crippen LogP contribution in [0.2, 0.25) is 0 Å². The number of nitrogens with zero attached hydrogens (tertiary/aromatic N) is 6. The summed E-state index contributed by atoms with van der Waals surface area (Å²) in [5, 5.41) is 9.33. The van der Waals surface area contributed by atoms with E-state index in [1.807, 2.05) is 13.0 Å². The average molecular weight is 594 g/mol. The maximum absolute atomic E-state index is 13.1.